The molecule has 0 aliphatic rings. The third-order valence-corrected chi connectivity index (χ3v) is 1.67. The molecule has 0 fully saturated rings. The van der Waals surface area contributed by atoms with E-state index in [0.29, 0.717) is 0 Å². The average molecular weight is 256 g/mol. The van der Waals surface area contributed by atoms with Gasteiger partial charge >= 0.3 is 17.1 Å². The van der Waals surface area contributed by atoms with E-state index < -0.39 is 4.92 Å². The zero-order chi connectivity index (χ0) is 11.1. The summed E-state index contributed by atoms with van der Waals surface area (Å²) >= 11 is 0. The van der Waals surface area contributed by atoms with Crippen molar-refractivity contribution in [3.63, 3.8) is 0 Å². The van der Waals surface area contributed by atoms with Crippen LogP contribution in [0, 0.1) is 21.4 Å². The minimum Gasteiger partial charge on any atom is -0.260 e. The molecular formula is C11H8FeN2O2. The molecule has 2 aromatic carbocycles. The van der Waals surface area contributed by atoms with Gasteiger partial charge in [0.25, 0.3) is 0 Å². The van der Waals surface area contributed by atoms with Gasteiger partial charge in [0.05, 0.1) is 0 Å². The second kappa shape index (κ2) is 7.41. The first kappa shape index (κ1) is 14.1. The summed E-state index contributed by atoms with van der Waals surface area (Å²) in [6, 6.07) is 15.9. The molecule has 82 valence electrons. The minimum absolute atomic E-state index is 0. The van der Waals surface area contributed by atoms with Crippen molar-refractivity contribution in [2.75, 3.05) is 0 Å². The molecule has 0 saturated carbocycles. The number of hydrogen-bond acceptors (Lipinski definition) is 3. The molecule has 0 aliphatic heterocycles. The number of nitrogens with zero attached hydrogens (tertiary/aromatic N) is 2. The molecule has 0 bridgehead atoms. The predicted molar refractivity (Wildman–Crippen MR) is 55.4 cm³/mol. The Labute approximate surface area is 103 Å². The van der Waals surface area contributed by atoms with Crippen LogP contribution < -0.4 is 0 Å². The fourth-order valence-corrected chi connectivity index (χ4v) is 0.985. The van der Waals surface area contributed by atoms with E-state index in [1.54, 1.807) is 6.07 Å². The summed E-state index contributed by atoms with van der Waals surface area (Å²) in [6.07, 6.45) is 0. The fraction of sp³-hybridized carbons (Fsp3) is 0. The van der Waals surface area contributed by atoms with Crippen molar-refractivity contribution in [2.45, 2.75) is 0 Å². The van der Waals surface area contributed by atoms with Crippen LogP contribution in [-0.4, -0.2) is 4.92 Å². The van der Waals surface area contributed by atoms with Gasteiger partial charge in [-0.15, -0.1) is 6.07 Å². The maximum atomic E-state index is 10.1. The number of hydrogen-bond donors (Lipinski definition) is 0. The van der Waals surface area contributed by atoms with Crippen LogP contribution in [0.25, 0.3) is 0 Å². The second-order valence-corrected chi connectivity index (χ2v) is 2.66. The Bertz CT molecular complexity index is 437. The molecule has 16 heavy (non-hydrogen) atoms. The van der Waals surface area contributed by atoms with Crippen molar-refractivity contribution in [1.82, 2.24) is 0 Å². The SMILES string of the molecule is N#C[c-]1cccc1[N+](=O)[O-].[Fe+2].c1cc[cH-]c1. The molecule has 0 amide bonds. The van der Waals surface area contributed by atoms with Crippen LogP contribution >= 0.6 is 0 Å². The zero-order valence-electron chi connectivity index (χ0n) is 8.18. The van der Waals surface area contributed by atoms with Gasteiger partial charge in [-0.25, -0.2) is 23.5 Å². The van der Waals surface area contributed by atoms with E-state index in [4.69, 9.17) is 5.26 Å². The van der Waals surface area contributed by atoms with Gasteiger partial charge in [0.1, 0.15) is 0 Å². The Balaban J connectivity index is 0.000000318. The molecule has 0 aliphatic carbocycles. The van der Waals surface area contributed by atoms with Crippen molar-refractivity contribution >= 4 is 5.69 Å². The van der Waals surface area contributed by atoms with Gasteiger partial charge in [-0.2, -0.15) is 24.3 Å². The summed E-state index contributed by atoms with van der Waals surface area (Å²) in [4.78, 5) is 9.53. The molecule has 0 N–H and O–H groups in total. The summed E-state index contributed by atoms with van der Waals surface area (Å²) in [5, 5.41) is 18.4. The molecule has 0 saturated heterocycles. The summed E-state index contributed by atoms with van der Waals surface area (Å²) in [6.45, 7) is 0. The monoisotopic (exact) mass is 256 g/mol. The topological polar surface area (TPSA) is 66.9 Å². The Morgan fingerprint density at radius 3 is 2.31 bits per heavy atom. The van der Waals surface area contributed by atoms with E-state index in [-0.39, 0.29) is 28.3 Å². The van der Waals surface area contributed by atoms with E-state index >= 15 is 0 Å². The Morgan fingerprint density at radius 2 is 2.00 bits per heavy atom. The standard InChI is InChI=1S/C6H3N2O2.C5H5.Fe/c7-4-5-2-1-3-6(5)8(9)10;1-2-4-5-3-1;/h1-3H;1-5H;/q2*-1;+2. The third kappa shape index (κ3) is 4.09. The van der Waals surface area contributed by atoms with E-state index in [1.807, 2.05) is 30.3 Å². The Kier molecular flexibility index (Phi) is 6.53. The van der Waals surface area contributed by atoms with Crippen LogP contribution in [0.2, 0.25) is 0 Å². The normalized spacial score (nSPS) is 7.94. The number of rotatable bonds is 1. The molecule has 0 radical (unpaired) electrons. The van der Waals surface area contributed by atoms with E-state index in [2.05, 4.69) is 0 Å². The van der Waals surface area contributed by atoms with Gasteiger partial charge in [-0.1, -0.05) is 0 Å². The van der Waals surface area contributed by atoms with Crippen molar-refractivity contribution in [3.05, 3.63) is 64.2 Å². The smallest absolute Gasteiger partial charge is 0.260 e. The maximum Gasteiger partial charge on any atom is 2.00 e. The van der Waals surface area contributed by atoms with Crippen molar-refractivity contribution in [2.24, 2.45) is 0 Å². The molecule has 2 rings (SSSR count). The third-order valence-electron chi connectivity index (χ3n) is 1.67. The first-order chi connectivity index (χ1) is 7.25. The average Bonchev–Trinajstić information content (AvgIpc) is 2.92. The minimum atomic E-state index is -0.571. The van der Waals surface area contributed by atoms with Gasteiger partial charge in [-0.3, -0.25) is 10.1 Å². The molecule has 4 nitrogen and oxygen atoms in total. The van der Waals surface area contributed by atoms with Gasteiger partial charge in [-0.05, 0) is 0 Å². The molecule has 0 aromatic heterocycles. The van der Waals surface area contributed by atoms with Gasteiger partial charge in [0.2, 0.25) is 0 Å². The number of nitriles is 1. The van der Waals surface area contributed by atoms with Crippen LogP contribution in [0.4, 0.5) is 5.69 Å². The summed E-state index contributed by atoms with van der Waals surface area (Å²) in [5.41, 5.74) is -0.00694. The molecule has 0 spiro atoms. The van der Waals surface area contributed by atoms with Crippen molar-refractivity contribution in [1.29, 1.82) is 5.26 Å². The van der Waals surface area contributed by atoms with Gasteiger partial charge < -0.3 is 0 Å². The summed E-state index contributed by atoms with van der Waals surface area (Å²) in [5.74, 6) is 0. The zero-order valence-corrected chi connectivity index (χ0v) is 9.29. The van der Waals surface area contributed by atoms with Crippen LogP contribution in [0.5, 0.6) is 0 Å². The number of nitro groups is 1. The Morgan fingerprint density at radius 1 is 1.38 bits per heavy atom. The first-order valence-corrected chi connectivity index (χ1v) is 4.22. The molecular weight excluding hydrogens is 248 g/mol. The van der Waals surface area contributed by atoms with Crippen molar-refractivity contribution in [3.8, 4) is 6.07 Å². The largest absolute Gasteiger partial charge is 2.00 e. The van der Waals surface area contributed by atoms with Crippen LogP contribution in [0.3, 0.4) is 0 Å². The first-order valence-electron chi connectivity index (χ1n) is 4.22. The fourth-order valence-electron chi connectivity index (χ4n) is 0.985. The summed E-state index contributed by atoms with van der Waals surface area (Å²) < 4.78 is 0. The van der Waals surface area contributed by atoms with E-state index in [9.17, 15) is 10.1 Å². The molecule has 0 unspecified atom stereocenters. The second-order valence-electron chi connectivity index (χ2n) is 2.66. The maximum absolute atomic E-state index is 10.1. The van der Waals surface area contributed by atoms with E-state index in [0.717, 1.165) is 0 Å². The van der Waals surface area contributed by atoms with E-state index in [1.165, 1.54) is 18.2 Å². The predicted octanol–water partition coefficient (Wildman–Crippen LogP) is 2.59. The molecule has 2 aromatic rings. The quantitative estimate of drug-likeness (QED) is 0.341. The van der Waals surface area contributed by atoms with Gasteiger partial charge in [0.15, 0.2) is 5.69 Å². The van der Waals surface area contributed by atoms with Crippen LogP contribution in [0.1, 0.15) is 5.56 Å². The summed E-state index contributed by atoms with van der Waals surface area (Å²) in [7, 11) is 0. The molecule has 0 atom stereocenters. The molecule has 5 heteroatoms. The van der Waals surface area contributed by atoms with Gasteiger partial charge in [0, 0.05) is 16.6 Å². The van der Waals surface area contributed by atoms with Crippen LogP contribution in [-0.2, 0) is 17.1 Å². The van der Waals surface area contributed by atoms with Crippen LogP contribution in [0.15, 0.2) is 48.5 Å². The van der Waals surface area contributed by atoms with Crippen molar-refractivity contribution < 1.29 is 22.0 Å². The Hall–Kier alpha value is -1.89. The molecule has 0 heterocycles.